The number of nitrogens with zero attached hydrogens (tertiary/aromatic N) is 4. The Bertz CT molecular complexity index is 567. The van der Waals surface area contributed by atoms with Gasteiger partial charge in [0.15, 0.2) is 0 Å². The molecule has 102 valence electrons. The third kappa shape index (κ3) is 2.36. The van der Waals surface area contributed by atoms with Crippen LogP contribution in [-0.4, -0.2) is 19.6 Å². The maximum Gasteiger partial charge on any atom is 0.252 e. The van der Waals surface area contributed by atoms with Crippen molar-refractivity contribution >= 4 is 5.78 Å². The Morgan fingerprint density at radius 1 is 1.26 bits per heavy atom. The topological polar surface area (TPSA) is 43.1 Å². The Labute approximate surface area is 114 Å². The molecule has 2 aromatic rings. The van der Waals surface area contributed by atoms with Gasteiger partial charge in [0.25, 0.3) is 5.78 Å². The van der Waals surface area contributed by atoms with Gasteiger partial charge >= 0.3 is 0 Å². The molecule has 2 aromatic heterocycles. The van der Waals surface area contributed by atoms with E-state index in [-0.39, 0.29) is 0 Å². The van der Waals surface area contributed by atoms with E-state index in [1.165, 1.54) is 43.4 Å². The SMILES string of the molecule is CCc1c(C)nc2ncnn2c1CC1CCCCC1. The molecule has 0 aliphatic heterocycles. The summed E-state index contributed by atoms with van der Waals surface area (Å²) in [6.07, 6.45) is 10.7. The first kappa shape index (κ1) is 12.6. The highest BCUT2D eigenvalue weighted by Crippen LogP contribution is 2.28. The second kappa shape index (κ2) is 5.27. The average Bonchev–Trinajstić information content (AvgIpc) is 2.88. The molecule has 0 spiro atoms. The Kier molecular flexibility index (Phi) is 3.49. The first-order valence-corrected chi connectivity index (χ1v) is 7.47. The van der Waals surface area contributed by atoms with Crippen LogP contribution in [0, 0.1) is 12.8 Å². The van der Waals surface area contributed by atoms with E-state index in [2.05, 4.69) is 28.9 Å². The largest absolute Gasteiger partial charge is 0.252 e. The highest BCUT2D eigenvalue weighted by atomic mass is 15.3. The standard InChI is InChI=1S/C15H22N4/c1-3-13-11(2)18-15-16-10-17-19(15)14(13)9-12-7-5-4-6-8-12/h10,12H,3-9H2,1-2H3. The van der Waals surface area contributed by atoms with E-state index in [1.54, 1.807) is 6.33 Å². The van der Waals surface area contributed by atoms with E-state index < -0.39 is 0 Å². The molecule has 2 heterocycles. The third-order valence-electron chi connectivity index (χ3n) is 4.40. The lowest BCUT2D eigenvalue weighted by Crippen LogP contribution is -2.16. The molecule has 1 fully saturated rings. The lowest BCUT2D eigenvalue weighted by atomic mass is 9.85. The van der Waals surface area contributed by atoms with Crippen molar-refractivity contribution in [3.8, 4) is 0 Å². The van der Waals surface area contributed by atoms with Gasteiger partial charge in [-0.25, -0.2) is 9.50 Å². The van der Waals surface area contributed by atoms with E-state index in [9.17, 15) is 0 Å². The van der Waals surface area contributed by atoms with Crippen molar-refractivity contribution < 1.29 is 0 Å². The molecule has 3 rings (SSSR count). The van der Waals surface area contributed by atoms with Gasteiger partial charge in [-0.15, -0.1) is 0 Å². The molecule has 1 aliphatic carbocycles. The number of aryl methyl sites for hydroxylation is 1. The minimum atomic E-state index is 0.750. The van der Waals surface area contributed by atoms with Crippen LogP contribution >= 0.6 is 0 Å². The monoisotopic (exact) mass is 258 g/mol. The molecule has 0 atom stereocenters. The average molecular weight is 258 g/mol. The Balaban J connectivity index is 2.01. The number of fused-ring (bicyclic) bond motifs is 1. The predicted octanol–water partition coefficient (Wildman–Crippen LogP) is 3.12. The van der Waals surface area contributed by atoms with Crippen LogP contribution in [0.15, 0.2) is 6.33 Å². The first-order chi connectivity index (χ1) is 9.29. The summed E-state index contributed by atoms with van der Waals surface area (Å²) < 4.78 is 1.96. The lowest BCUT2D eigenvalue weighted by Gasteiger charge is -2.23. The molecule has 1 saturated carbocycles. The molecule has 0 unspecified atom stereocenters. The molecule has 0 N–H and O–H groups in total. The van der Waals surface area contributed by atoms with E-state index in [0.29, 0.717) is 0 Å². The third-order valence-corrected chi connectivity index (χ3v) is 4.40. The molecule has 4 nitrogen and oxygen atoms in total. The van der Waals surface area contributed by atoms with Gasteiger partial charge in [0.1, 0.15) is 6.33 Å². The maximum atomic E-state index is 4.55. The number of rotatable bonds is 3. The van der Waals surface area contributed by atoms with Gasteiger partial charge in [-0.3, -0.25) is 0 Å². The van der Waals surface area contributed by atoms with Gasteiger partial charge in [-0.1, -0.05) is 39.0 Å². The second-order valence-corrected chi connectivity index (χ2v) is 5.66. The second-order valence-electron chi connectivity index (χ2n) is 5.66. The van der Waals surface area contributed by atoms with Gasteiger partial charge in [0.2, 0.25) is 0 Å². The molecular weight excluding hydrogens is 236 g/mol. The van der Waals surface area contributed by atoms with Crippen molar-refractivity contribution in [1.29, 1.82) is 0 Å². The zero-order chi connectivity index (χ0) is 13.2. The van der Waals surface area contributed by atoms with E-state index >= 15 is 0 Å². The van der Waals surface area contributed by atoms with Crippen LogP contribution in [0.25, 0.3) is 5.78 Å². The molecule has 1 aliphatic rings. The molecule has 0 saturated heterocycles. The minimum absolute atomic E-state index is 0.750. The summed E-state index contributed by atoms with van der Waals surface area (Å²) >= 11 is 0. The Morgan fingerprint density at radius 2 is 2.05 bits per heavy atom. The van der Waals surface area contributed by atoms with Crippen molar-refractivity contribution in [1.82, 2.24) is 19.6 Å². The highest BCUT2D eigenvalue weighted by Gasteiger charge is 2.19. The number of hydrogen-bond donors (Lipinski definition) is 0. The van der Waals surface area contributed by atoms with Gasteiger partial charge in [-0.2, -0.15) is 10.1 Å². The van der Waals surface area contributed by atoms with Crippen LogP contribution in [0.2, 0.25) is 0 Å². The molecule has 0 bridgehead atoms. The predicted molar refractivity (Wildman–Crippen MR) is 75.2 cm³/mol. The lowest BCUT2D eigenvalue weighted by molar-refractivity contribution is 0.351. The van der Waals surface area contributed by atoms with Crippen molar-refractivity contribution in [3.05, 3.63) is 23.3 Å². The zero-order valence-corrected chi connectivity index (χ0v) is 11.9. The summed E-state index contributed by atoms with van der Waals surface area (Å²) in [6.45, 7) is 4.30. The number of hydrogen-bond acceptors (Lipinski definition) is 3. The van der Waals surface area contributed by atoms with Crippen molar-refractivity contribution in [2.45, 2.75) is 58.8 Å². The highest BCUT2D eigenvalue weighted by molar-refractivity contribution is 5.36. The van der Waals surface area contributed by atoms with Gasteiger partial charge in [0.05, 0.1) is 5.69 Å². The van der Waals surface area contributed by atoms with Crippen molar-refractivity contribution in [2.24, 2.45) is 5.92 Å². The van der Waals surface area contributed by atoms with Crippen LogP contribution in [0.1, 0.15) is 56.0 Å². The Hall–Kier alpha value is -1.45. The van der Waals surface area contributed by atoms with Gasteiger partial charge in [0, 0.05) is 5.69 Å². The van der Waals surface area contributed by atoms with Crippen LogP contribution in [0.5, 0.6) is 0 Å². The minimum Gasteiger partial charge on any atom is -0.216 e. The van der Waals surface area contributed by atoms with E-state index in [1.807, 2.05) is 4.52 Å². The van der Waals surface area contributed by atoms with Crippen molar-refractivity contribution in [3.63, 3.8) is 0 Å². The van der Waals surface area contributed by atoms with Crippen LogP contribution in [0.3, 0.4) is 0 Å². The van der Waals surface area contributed by atoms with E-state index in [0.717, 1.165) is 30.2 Å². The molecule has 4 heteroatoms. The molecule has 0 amide bonds. The van der Waals surface area contributed by atoms with Crippen LogP contribution < -0.4 is 0 Å². The zero-order valence-electron chi connectivity index (χ0n) is 11.9. The van der Waals surface area contributed by atoms with E-state index in [4.69, 9.17) is 0 Å². The number of aromatic nitrogens is 4. The summed E-state index contributed by atoms with van der Waals surface area (Å²) in [5, 5.41) is 4.38. The summed E-state index contributed by atoms with van der Waals surface area (Å²) in [6, 6.07) is 0. The van der Waals surface area contributed by atoms with Crippen LogP contribution in [0.4, 0.5) is 0 Å². The fourth-order valence-electron chi connectivity index (χ4n) is 3.39. The first-order valence-electron chi connectivity index (χ1n) is 7.47. The normalized spacial score (nSPS) is 17.2. The van der Waals surface area contributed by atoms with Crippen molar-refractivity contribution in [2.75, 3.05) is 0 Å². The smallest absolute Gasteiger partial charge is 0.216 e. The fraction of sp³-hybridized carbons (Fsp3) is 0.667. The van der Waals surface area contributed by atoms with Gasteiger partial charge in [-0.05, 0) is 31.2 Å². The molecule has 19 heavy (non-hydrogen) atoms. The molecular formula is C15H22N4. The maximum absolute atomic E-state index is 4.55. The van der Waals surface area contributed by atoms with Crippen LogP contribution in [-0.2, 0) is 12.8 Å². The summed E-state index contributed by atoms with van der Waals surface area (Å²) in [5.74, 6) is 1.56. The fourth-order valence-corrected chi connectivity index (χ4v) is 3.39. The quantitative estimate of drug-likeness (QED) is 0.849. The molecule has 0 radical (unpaired) electrons. The molecule has 0 aromatic carbocycles. The Morgan fingerprint density at radius 3 is 2.79 bits per heavy atom. The summed E-state index contributed by atoms with van der Waals surface area (Å²) in [7, 11) is 0. The summed E-state index contributed by atoms with van der Waals surface area (Å²) in [5.41, 5.74) is 3.83. The van der Waals surface area contributed by atoms with Gasteiger partial charge < -0.3 is 0 Å². The summed E-state index contributed by atoms with van der Waals surface area (Å²) in [4.78, 5) is 8.80.